The molecule has 8 aromatic rings. The number of para-hydroxylation sites is 1. The average Bonchev–Trinajstić information content (AvgIpc) is 3.76. The quantitative estimate of drug-likeness (QED) is 0.142. The van der Waals surface area contributed by atoms with Crippen molar-refractivity contribution in [1.82, 2.24) is 14.5 Å². The van der Waals surface area contributed by atoms with Gasteiger partial charge in [-0.25, -0.2) is 4.98 Å². The van der Waals surface area contributed by atoms with Crippen molar-refractivity contribution < 1.29 is 25.8 Å². The van der Waals surface area contributed by atoms with E-state index in [0.717, 1.165) is 44.7 Å². The second-order valence-corrected chi connectivity index (χ2v) is 16.5. The van der Waals surface area contributed by atoms with Crippen molar-refractivity contribution in [1.29, 1.82) is 0 Å². The normalized spacial score (nSPS) is 12.8. The number of aromatic nitrogens is 3. The van der Waals surface area contributed by atoms with Gasteiger partial charge in [-0.3, -0.25) is 4.98 Å². The first kappa shape index (κ1) is 39.1. The van der Waals surface area contributed by atoms with Crippen LogP contribution in [0.15, 0.2) is 134 Å². The smallest absolute Gasteiger partial charge is 0.135 e. The van der Waals surface area contributed by atoms with E-state index in [1.54, 1.807) is 0 Å². The van der Waals surface area contributed by atoms with Crippen LogP contribution in [-0.4, -0.2) is 14.5 Å². The number of pyridine rings is 2. The summed E-state index contributed by atoms with van der Waals surface area (Å²) in [6.45, 7) is 18.0. The maximum atomic E-state index is 6.59. The third kappa shape index (κ3) is 7.09. The van der Waals surface area contributed by atoms with Crippen molar-refractivity contribution in [2.45, 2.75) is 65.7 Å². The van der Waals surface area contributed by atoms with E-state index in [1.807, 2.05) is 36.8 Å². The predicted octanol–water partition coefficient (Wildman–Crippen LogP) is 13.6. The van der Waals surface area contributed by atoms with Gasteiger partial charge in [0.2, 0.25) is 0 Å². The molecular formula is C51H46N5OPt-3. The van der Waals surface area contributed by atoms with E-state index >= 15 is 0 Å². The van der Waals surface area contributed by atoms with Crippen LogP contribution in [0.1, 0.15) is 77.0 Å². The Labute approximate surface area is 356 Å². The van der Waals surface area contributed by atoms with E-state index in [9.17, 15) is 0 Å². The van der Waals surface area contributed by atoms with E-state index in [2.05, 4.69) is 184 Å². The molecule has 0 radical (unpaired) electrons. The number of rotatable bonds is 8. The Bertz CT molecular complexity index is 2740. The van der Waals surface area contributed by atoms with E-state index in [1.165, 1.54) is 33.5 Å². The number of anilines is 4. The molecule has 0 atom stereocenters. The van der Waals surface area contributed by atoms with Crippen LogP contribution in [0.2, 0.25) is 0 Å². The first-order valence-corrected chi connectivity index (χ1v) is 19.8. The van der Waals surface area contributed by atoms with Gasteiger partial charge in [0, 0.05) is 68.0 Å². The molecule has 7 heteroatoms. The molecule has 3 aromatic heterocycles. The molecule has 5 aromatic carbocycles. The van der Waals surface area contributed by atoms with Gasteiger partial charge in [-0.2, -0.15) is 12.1 Å². The van der Waals surface area contributed by atoms with Gasteiger partial charge in [0.25, 0.3) is 0 Å². The Kier molecular flexibility index (Phi) is 10.5. The molecule has 0 unspecified atom stereocenters. The second kappa shape index (κ2) is 15.6. The third-order valence-corrected chi connectivity index (χ3v) is 10.9. The number of ether oxygens (including phenoxy) is 1. The summed E-state index contributed by atoms with van der Waals surface area (Å²) in [4.78, 5) is 13.9. The summed E-state index contributed by atoms with van der Waals surface area (Å²) in [7, 11) is 0. The van der Waals surface area contributed by atoms with Crippen LogP contribution in [0.5, 0.6) is 11.5 Å². The maximum Gasteiger partial charge on any atom is 0.135 e. The fourth-order valence-electron chi connectivity index (χ4n) is 7.95. The van der Waals surface area contributed by atoms with Crippen molar-refractivity contribution >= 4 is 44.6 Å². The molecule has 0 spiro atoms. The monoisotopic (exact) mass is 939 g/mol. The Morgan fingerprint density at radius 3 is 2.12 bits per heavy atom. The van der Waals surface area contributed by atoms with Crippen molar-refractivity contribution in [2.75, 3.05) is 9.80 Å². The number of fused-ring (bicyclic) bond motifs is 4. The van der Waals surface area contributed by atoms with Crippen LogP contribution in [0.3, 0.4) is 0 Å². The summed E-state index contributed by atoms with van der Waals surface area (Å²) >= 11 is 0. The third-order valence-electron chi connectivity index (χ3n) is 10.9. The van der Waals surface area contributed by atoms with Crippen LogP contribution in [0.4, 0.5) is 22.7 Å². The first-order chi connectivity index (χ1) is 27.5. The first-order valence-electron chi connectivity index (χ1n) is 19.8. The van der Waals surface area contributed by atoms with Crippen molar-refractivity contribution in [3.63, 3.8) is 0 Å². The van der Waals surface area contributed by atoms with Gasteiger partial charge in [-0.15, -0.1) is 48.1 Å². The van der Waals surface area contributed by atoms with Crippen LogP contribution < -0.4 is 14.5 Å². The zero-order valence-electron chi connectivity index (χ0n) is 33.9. The molecule has 1 aliphatic heterocycles. The van der Waals surface area contributed by atoms with Crippen molar-refractivity contribution in [3.05, 3.63) is 169 Å². The minimum Gasteiger partial charge on any atom is -0.509 e. The van der Waals surface area contributed by atoms with Crippen molar-refractivity contribution in [3.8, 4) is 28.4 Å². The molecular weight excluding hydrogens is 894 g/mol. The summed E-state index contributed by atoms with van der Waals surface area (Å²) in [6.07, 6.45) is 5.70. The standard InChI is InChI=1S/C51H46N5O.Pt/c1-33(2)43-26-36(35-14-9-8-10-15-35)27-44(34(3)4)50(43)55-32-54(48-31-52-24-23-46(48)55)38-16-13-17-39(29-38)57-40-20-21-42-41-18-11-12-19-45(41)56(47(42)30-40)49-28-37(22-25-53-49)51(5,6)7;/h8-28,31-34H,1-7H3;/q-3;. The maximum absolute atomic E-state index is 6.59. The molecule has 58 heavy (non-hydrogen) atoms. The van der Waals surface area contributed by atoms with E-state index in [-0.39, 0.29) is 26.5 Å². The number of nitrogens with zero attached hydrogens (tertiary/aromatic N) is 5. The minimum absolute atomic E-state index is 0. The van der Waals surface area contributed by atoms with Gasteiger partial charge in [-0.05, 0) is 86.9 Å². The van der Waals surface area contributed by atoms with Gasteiger partial charge in [-0.1, -0.05) is 103 Å². The predicted molar refractivity (Wildman–Crippen MR) is 234 cm³/mol. The molecule has 0 N–H and O–H groups in total. The fraction of sp³-hybridized carbons (Fsp3) is 0.196. The number of benzene rings is 5. The molecule has 0 saturated heterocycles. The molecule has 1 aliphatic rings. The average molecular weight is 940 g/mol. The largest absolute Gasteiger partial charge is 0.509 e. The van der Waals surface area contributed by atoms with Gasteiger partial charge in [0.1, 0.15) is 5.82 Å². The molecule has 0 fully saturated rings. The molecule has 6 nitrogen and oxygen atoms in total. The Hall–Kier alpha value is -5.71. The van der Waals surface area contributed by atoms with Gasteiger partial charge < -0.3 is 19.1 Å². The van der Waals surface area contributed by atoms with Crippen LogP contribution in [0.25, 0.3) is 38.8 Å². The molecule has 294 valence electrons. The molecule has 0 amide bonds. The van der Waals surface area contributed by atoms with Gasteiger partial charge in [0.05, 0.1) is 5.69 Å². The summed E-state index contributed by atoms with van der Waals surface area (Å²) in [6, 6.07) is 47.5. The Morgan fingerprint density at radius 1 is 0.655 bits per heavy atom. The van der Waals surface area contributed by atoms with Gasteiger partial charge >= 0.3 is 0 Å². The van der Waals surface area contributed by atoms with Crippen LogP contribution in [-0.2, 0) is 26.5 Å². The molecule has 0 aliphatic carbocycles. The summed E-state index contributed by atoms with van der Waals surface area (Å²) in [5.74, 6) is 2.63. The zero-order valence-corrected chi connectivity index (χ0v) is 36.2. The minimum atomic E-state index is -0.0178. The molecule has 0 bridgehead atoms. The summed E-state index contributed by atoms with van der Waals surface area (Å²) < 4.78 is 8.78. The summed E-state index contributed by atoms with van der Waals surface area (Å²) in [5, 5.41) is 2.23. The molecule has 9 rings (SSSR count). The zero-order chi connectivity index (χ0) is 39.4. The SMILES string of the molecule is CC(C)c1cc(-c2ccccc2)cc(C(C)C)c1N1[CH-]N(c2[c-]c(Oc3[c-]c4c(cc3)c3ccccc3n4-c3cc(C(C)(C)C)ccn3)ccc2)c2cnccc21.[Pt]. The van der Waals surface area contributed by atoms with E-state index < -0.39 is 0 Å². The van der Waals surface area contributed by atoms with Crippen LogP contribution in [0, 0.1) is 18.8 Å². The van der Waals surface area contributed by atoms with Crippen molar-refractivity contribution in [2.24, 2.45) is 0 Å². The second-order valence-electron chi connectivity index (χ2n) is 16.5. The molecule has 4 heterocycles. The van der Waals surface area contributed by atoms with Crippen LogP contribution >= 0.6 is 0 Å². The Balaban J connectivity index is 0.00000469. The number of hydrogen-bond acceptors (Lipinski definition) is 5. The molecule has 0 saturated carbocycles. The Morgan fingerprint density at radius 2 is 1.38 bits per heavy atom. The number of hydrogen-bond donors (Lipinski definition) is 0. The van der Waals surface area contributed by atoms with Gasteiger partial charge in [0.15, 0.2) is 0 Å². The topological polar surface area (TPSA) is 46.4 Å². The van der Waals surface area contributed by atoms with E-state index in [4.69, 9.17) is 9.72 Å². The summed E-state index contributed by atoms with van der Waals surface area (Å²) in [5.41, 5.74) is 12.3. The van der Waals surface area contributed by atoms with E-state index in [0.29, 0.717) is 23.3 Å². The fourth-order valence-corrected chi connectivity index (χ4v) is 7.95.